The lowest BCUT2D eigenvalue weighted by Crippen LogP contribution is -2.24. The van der Waals surface area contributed by atoms with Crippen LogP contribution in [-0.2, 0) is 0 Å². The van der Waals surface area contributed by atoms with Crippen molar-refractivity contribution in [2.24, 2.45) is 5.41 Å². The number of nitrogens with zero attached hydrogens (tertiary/aromatic N) is 1. The lowest BCUT2D eigenvalue weighted by molar-refractivity contribution is 0.0568. The third-order valence-corrected chi connectivity index (χ3v) is 1.92. The minimum Gasteiger partial charge on any atom is -0.378 e. The monoisotopic (exact) mass is 129 g/mol. The minimum absolute atomic E-state index is 0.208. The zero-order valence-electron chi connectivity index (χ0n) is 6.39. The molecule has 0 amide bonds. The molecular formula is C7H15NO. The first kappa shape index (κ1) is 7.03. The molecule has 1 atom stereocenters. The van der Waals surface area contributed by atoms with Crippen molar-refractivity contribution in [2.45, 2.75) is 26.5 Å². The van der Waals surface area contributed by atoms with Crippen molar-refractivity contribution in [1.29, 1.82) is 0 Å². The van der Waals surface area contributed by atoms with Crippen LogP contribution in [0.3, 0.4) is 0 Å². The molecule has 0 aromatic heterocycles. The van der Waals surface area contributed by atoms with Crippen molar-refractivity contribution in [1.82, 2.24) is 4.90 Å². The molecule has 1 unspecified atom stereocenters. The zero-order valence-corrected chi connectivity index (χ0v) is 6.39. The molecular weight excluding hydrogens is 114 g/mol. The Morgan fingerprint density at radius 3 is 2.22 bits per heavy atom. The van der Waals surface area contributed by atoms with Crippen LogP contribution in [0.15, 0.2) is 0 Å². The summed E-state index contributed by atoms with van der Waals surface area (Å²) < 4.78 is 0. The van der Waals surface area contributed by atoms with Crippen LogP contribution in [0.4, 0.5) is 0 Å². The van der Waals surface area contributed by atoms with E-state index in [9.17, 15) is 5.11 Å². The highest BCUT2D eigenvalue weighted by atomic mass is 16.3. The molecule has 2 nitrogen and oxygen atoms in total. The van der Waals surface area contributed by atoms with Crippen LogP contribution in [0, 0.1) is 5.41 Å². The van der Waals surface area contributed by atoms with Crippen LogP contribution < -0.4 is 0 Å². The molecule has 0 radical (unpaired) electrons. The zero-order chi connectivity index (χ0) is 7.07. The maximum atomic E-state index is 9.26. The van der Waals surface area contributed by atoms with Crippen molar-refractivity contribution in [3.63, 3.8) is 0 Å². The summed E-state index contributed by atoms with van der Waals surface area (Å²) in [5.41, 5.74) is 0.314. The van der Waals surface area contributed by atoms with Gasteiger partial charge < -0.3 is 5.11 Å². The molecule has 9 heavy (non-hydrogen) atoms. The van der Waals surface area contributed by atoms with E-state index in [0.29, 0.717) is 5.41 Å². The van der Waals surface area contributed by atoms with Crippen molar-refractivity contribution >= 4 is 0 Å². The largest absolute Gasteiger partial charge is 0.378 e. The van der Waals surface area contributed by atoms with E-state index >= 15 is 0 Å². The molecule has 0 aromatic rings. The second-order valence-electron chi connectivity index (χ2n) is 3.76. The molecule has 0 aliphatic carbocycles. The van der Waals surface area contributed by atoms with Crippen LogP contribution in [0.1, 0.15) is 20.3 Å². The SMILES string of the molecule is CN1CC(C)(C)CC1O. The Kier molecular flexibility index (Phi) is 1.53. The molecule has 1 aliphatic rings. The number of aliphatic hydroxyl groups is 1. The van der Waals surface area contributed by atoms with E-state index in [4.69, 9.17) is 0 Å². The Morgan fingerprint density at radius 1 is 1.56 bits per heavy atom. The summed E-state index contributed by atoms with van der Waals surface area (Å²) >= 11 is 0. The standard InChI is InChI=1S/C7H15NO/c1-7(2)4-6(9)8(3)5-7/h6,9H,4-5H2,1-3H3. The molecule has 1 aliphatic heterocycles. The average Bonchev–Trinajstić information content (AvgIpc) is 1.79. The van der Waals surface area contributed by atoms with Gasteiger partial charge in [-0.1, -0.05) is 13.8 Å². The Bertz CT molecular complexity index is 99.5. The van der Waals surface area contributed by atoms with Gasteiger partial charge in [-0.25, -0.2) is 0 Å². The molecule has 54 valence electrons. The third kappa shape index (κ3) is 1.43. The van der Waals surface area contributed by atoms with E-state index in [1.54, 1.807) is 0 Å². The summed E-state index contributed by atoms with van der Waals surface area (Å²) in [7, 11) is 1.96. The van der Waals surface area contributed by atoms with Gasteiger partial charge in [-0.2, -0.15) is 0 Å². The van der Waals surface area contributed by atoms with Gasteiger partial charge in [-0.3, -0.25) is 4.90 Å². The Hall–Kier alpha value is -0.0800. The third-order valence-electron chi connectivity index (χ3n) is 1.92. The van der Waals surface area contributed by atoms with Crippen LogP contribution in [0.25, 0.3) is 0 Å². The summed E-state index contributed by atoms with van der Waals surface area (Å²) in [6.45, 7) is 5.37. The first-order valence-electron chi connectivity index (χ1n) is 3.40. The number of rotatable bonds is 0. The number of likely N-dealkylation sites (tertiary alicyclic amines) is 1. The van der Waals surface area contributed by atoms with Gasteiger partial charge in [0.2, 0.25) is 0 Å². The fourth-order valence-corrected chi connectivity index (χ4v) is 1.50. The first-order valence-corrected chi connectivity index (χ1v) is 3.40. The topological polar surface area (TPSA) is 23.5 Å². The van der Waals surface area contributed by atoms with Crippen molar-refractivity contribution in [3.8, 4) is 0 Å². The smallest absolute Gasteiger partial charge is 0.107 e. The van der Waals surface area contributed by atoms with E-state index in [0.717, 1.165) is 13.0 Å². The molecule has 1 heterocycles. The molecule has 2 heteroatoms. The van der Waals surface area contributed by atoms with Gasteiger partial charge in [0.25, 0.3) is 0 Å². The highest BCUT2D eigenvalue weighted by molar-refractivity contribution is 4.83. The number of aliphatic hydroxyl groups excluding tert-OH is 1. The van der Waals surface area contributed by atoms with Gasteiger partial charge in [0.15, 0.2) is 0 Å². The van der Waals surface area contributed by atoms with Gasteiger partial charge in [0.05, 0.1) is 0 Å². The first-order chi connectivity index (χ1) is 4.01. The summed E-state index contributed by atoms with van der Waals surface area (Å²) in [5.74, 6) is 0. The van der Waals surface area contributed by atoms with Crippen molar-refractivity contribution in [2.75, 3.05) is 13.6 Å². The lowest BCUT2D eigenvalue weighted by atomic mass is 9.93. The van der Waals surface area contributed by atoms with Crippen molar-refractivity contribution in [3.05, 3.63) is 0 Å². The fraction of sp³-hybridized carbons (Fsp3) is 1.00. The maximum absolute atomic E-state index is 9.26. The number of hydrogen-bond acceptors (Lipinski definition) is 2. The molecule has 1 N–H and O–H groups in total. The van der Waals surface area contributed by atoms with Crippen LogP contribution in [0.2, 0.25) is 0 Å². The van der Waals surface area contributed by atoms with E-state index in [-0.39, 0.29) is 6.23 Å². The highest BCUT2D eigenvalue weighted by Gasteiger charge is 2.33. The minimum atomic E-state index is -0.208. The van der Waals surface area contributed by atoms with Gasteiger partial charge in [-0.05, 0) is 18.9 Å². The molecule has 1 rings (SSSR count). The van der Waals surface area contributed by atoms with Gasteiger partial charge in [-0.15, -0.1) is 0 Å². The second-order valence-corrected chi connectivity index (χ2v) is 3.76. The fourth-order valence-electron chi connectivity index (χ4n) is 1.50. The van der Waals surface area contributed by atoms with E-state index in [1.807, 2.05) is 11.9 Å². The van der Waals surface area contributed by atoms with E-state index in [2.05, 4.69) is 13.8 Å². The van der Waals surface area contributed by atoms with E-state index in [1.165, 1.54) is 0 Å². The Balaban J connectivity index is 2.54. The Morgan fingerprint density at radius 2 is 2.11 bits per heavy atom. The van der Waals surface area contributed by atoms with E-state index < -0.39 is 0 Å². The summed E-state index contributed by atoms with van der Waals surface area (Å²) in [4.78, 5) is 1.99. The number of hydrogen-bond donors (Lipinski definition) is 1. The average molecular weight is 129 g/mol. The summed E-state index contributed by atoms with van der Waals surface area (Å²) in [6.07, 6.45) is 0.698. The summed E-state index contributed by atoms with van der Waals surface area (Å²) in [6, 6.07) is 0. The van der Waals surface area contributed by atoms with Crippen LogP contribution in [0.5, 0.6) is 0 Å². The van der Waals surface area contributed by atoms with Gasteiger partial charge >= 0.3 is 0 Å². The quantitative estimate of drug-likeness (QED) is 0.519. The normalized spacial score (nSPS) is 35.3. The highest BCUT2D eigenvalue weighted by Crippen LogP contribution is 2.30. The molecule has 0 saturated carbocycles. The maximum Gasteiger partial charge on any atom is 0.107 e. The van der Waals surface area contributed by atoms with Gasteiger partial charge in [0.1, 0.15) is 6.23 Å². The lowest BCUT2D eigenvalue weighted by Gasteiger charge is -2.15. The van der Waals surface area contributed by atoms with Crippen molar-refractivity contribution < 1.29 is 5.11 Å². The Labute approximate surface area is 56.5 Å². The molecule has 0 spiro atoms. The predicted octanol–water partition coefficient (Wildman–Crippen LogP) is 0.666. The summed E-state index contributed by atoms with van der Waals surface area (Å²) in [5, 5.41) is 9.26. The second kappa shape index (κ2) is 1.96. The molecule has 0 aromatic carbocycles. The van der Waals surface area contributed by atoms with Crippen LogP contribution in [-0.4, -0.2) is 29.8 Å². The van der Waals surface area contributed by atoms with Gasteiger partial charge in [0, 0.05) is 6.54 Å². The molecule has 1 fully saturated rings. The predicted molar refractivity (Wildman–Crippen MR) is 37.0 cm³/mol. The van der Waals surface area contributed by atoms with Crippen LogP contribution >= 0.6 is 0 Å². The molecule has 0 bridgehead atoms. The molecule has 1 saturated heterocycles.